The monoisotopic (exact) mass is 333 g/mol. The van der Waals surface area contributed by atoms with E-state index in [1.54, 1.807) is 0 Å². The van der Waals surface area contributed by atoms with E-state index < -0.39 is 11.8 Å². The van der Waals surface area contributed by atoms with Gasteiger partial charge in [0.15, 0.2) is 0 Å². The summed E-state index contributed by atoms with van der Waals surface area (Å²) in [4.78, 5) is 26.4. The molecule has 0 aromatic heterocycles. The zero-order chi connectivity index (χ0) is 18.1. The van der Waals surface area contributed by atoms with E-state index in [-0.39, 0.29) is 5.92 Å². The van der Waals surface area contributed by atoms with Crippen LogP contribution in [0.4, 0.5) is 5.69 Å². The fourth-order valence-corrected chi connectivity index (χ4v) is 2.64. The Morgan fingerprint density at radius 3 is 2.38 bits per heavy atom. The second-order valence-electron chi connectivity index (χ2n) is 6.28. The number of anilines is 1. The minimum Gasteiger partial charge on any atom is -0.348 e. The third-order valence-corrected chi connectivity index (χ3v) is 4.20. The van der Waals surface area contributed by atoms with Crippen LogP contribution in [0.5, 0.6) is 0 Å². The molecule has 24 heavy (non-hydrogen) atoms. The fraction of sp³-hybridized carbons (Fsp3) is 0.579. The van der Waals surface area contributed by atoms with Gasteiger partial charge in [-0.3, -0.25) is 9.59 Å². The number of nitrogens with one attached hydrogen (secondary N) is 2. The first-order valence-corrected chi connectivity index (χ1v) is 8.81. The van der Waals surface area contributed by atoms with Crippen molar-refractivity contribution in [1.82, 2.24) is 10.2 Å². The summed E-state index contributed by atoms with van der Waals surface area (Å²) in [5, 5.41) is 5.47. The van der Waals surface area contributed by atoms with E-state index in [4.69, 9.17) is 0 Å². The molecule has 0 fully saturated rings. The molecule has 0 aliphatic rings. The highest BCUT2D eigenvalue weighted by atomic mass is 16.2. The highest BCUT2D eigenvalue weighted by molar-refractivity contribution is 6.39. The van der Waals surface area contributed by atoms with Crippen molar-refractivity contribution in [3.8, 4) is 0 Å². The lowest BCUT2D eigenvalue weighted by atomic mass is 9.98. The van der Waals surface area contributed by atoms with Gasteiger partial charge in [-0.25, -0.2) is 0 Å². The molecule has 5 nitrogen and oxygen atoms in total. The molecule has 0 bridgehead atoms. The maximum Gasteiger partial charge on any atom is 0.313 e. The highest BCUT2D eigenvalue weighted by Gasteiger charge is 2.17. The predicted molar refractivity (Wildman–Crippen MR) is 99.3 cm³/mol. The topological polar surface area (TPSA) is 61.4 Å². The SMILES string of the molecule is CCN(CC)CCCNC(=O)C(=O)Nc1c(C)cccc1C(C)C. The Kier molecular flexibility index (Phi) is 8.47. The number of para-hydroxylation sites is 1. The molecule has 5 heteroatoms. The molecule has 2 amide bonds. The molecular weight excluding hydrogens is 302 g/mol. The van der Waals surface area contributed by atoms with Crippen molar-refractivity contribution in [2.24, 2.45) is 0 Å². The average Bonchev–Trinajstić information content (AvgIpc) is 2.56. The molecule has 0 saturated heterocycles. The maximum atomic E-state index is 12.1. The van der Waals surface area contributed by atoms with Gasteiger partial charge in [-0.05, 0) is 50.0 Å². The zero-order valence-corrected chi connectivity index (χ0v) is 15.6. The van der Waals surface area contributed by atoms with Gasteiger partial charge in [-0.15, -0.1) is 0 Å². The number of hydrogen-bond acceptors (Lipinski definition) is 3. The van der Waals surface area contributed by atoms with E-state index in [2.05, 4.69) is 43.2 Å². The van der Waals surface area contributed by atoms with Gasteiger partial charge in [0.25, 0.3) is 0 Å². The second kappa shape index (κ2) is 10.1. The second-order valence-corrected chi connectivity index (χ2v) is 6.28. The summed E-state index contributed by atoms with van der Waals surface area (Å²) in [6.07, 6.45) is 0.836. The average molecular weight is 333 g/mol. The number of carbonyl (C=O) groups excluding carboxylic acids is 2. The summed E-state index contributed by atoms with van der Waals surface area (Å²) >= 11 is 0. The van der Waals surface area contributed by atoms with Gasteiger partial charge >= 0.3 is 11.8 Å². The van der Waals surface area contributed by atoms with Gasteiger partial charge in [0.1, 0.15) is 0 Å². The van der Waals surface area contributed by atoms with Crippen molar-refractivity contribution in [3.05, 3.63) is 29.3 Å². The quantitative estimate of drug-likeness (QED) is 0.568. The van der Waals surface area contributed by atoms with Crippen LogP contribution in [0.2, 0.25) is 0 Å². The fourth-order valence-electron chi connectivity index (χ4n) is 2.64. The van der Waals surface area contributed by atoms with Crippen LogP contribution >= 0.6 is 0 Å². The minimum absolute atomic E-state index is 0.275. The lowest BCUT2D eigenvalue weighted by Crippen LogP contribution is -2.37. The van der Waals surface area contributed by atoms with E-state index >= 15 is 0 Å². The number of hydrogen-bond donors (Lipinski definition) is 2. The van der Waals surface area contributed by atoms with E-state index in [0.29, 0.717) is 6.54 Å². The van der Waals surface area contributed by atoms with E-state index in [1.807, 2.05) is 25.1 Å². The minimum atomic E-state index is -0.603. The van der Waals surface area contributed by atoms with Crippen molar-refractivity contribution in [1.29, 1.82) is 0 Å². The Morgan fingerprint density at radius 1 is 1.12 bits per heavy atom. The van der Waals surface area contributed by atoms with Crippen molar-refractivity contribution in [2.75, 3.05) is 31.5 Å². The third kappa shape index (κ3) is 5.96. The number of rotatable bonds is 8. The van der Waals surface area contributed by atoms with Crippen LogP contribution in [0.25, 0.3) is 0 Å². The molecule has 2 N–H and O–H groups in total. The third-order valence-electron chi connectivity index (χ3n) is 4.20. The Bertz CT molecular complexity index is 552. The molecule has 1 aromatic rings. The Morgan fingerprint density at radius 2 is 1.79 bits per heavy atom. The smallest absolute Gasteiger partial charge is 0.313 e. The van der Waals surface area contributed by atoms with E-state index in [1.165, 1.54) is 0 Å². The first kappa shape index (κ1) is 20.2. The molecular formula is C19H31N3O2. The summed E-state index contributed by atoms with van der Waals surface area (Å²) < 4.78 is 0. The van der Waals surface area contributed by atoms with Crippen LogP contribution in [-0.2, 0) is 9.59 Å². The summed E-state index contributed by atoms with van der Waals surface area (Å²) in [7, 11) is 0. The number of nitrogens with zero attached hydrogens (tertiary/aromatic N) is 1. The van der Waals surface area contributed by atoms with Gasteiger partial charge < -0.3 is 15.5 Å². The summed E-state index contributed by atoms with van der Waals surface area (Å²) in [6, 6.07) is 5.88. The Hall–Kier alpha value is -1.88. The largest absolute Gasteiger partial charge is 0.348 e. The summed E-state index contributed by atoms with van der Waals surface area (Å²) in [6.45, 7) is 13.7. The van der Waals surface area contributed by atoms with Crippen molar-refractivity contribution >= 4 is 17.5 Å². The van der Waals surface area contributed by atoms with Gasteiger partial charge in [0, 0.05) is 12.2 Å². The number of carbonyl (C=O) groups is 2. The van der Waals surface area contributed by atoms with Crippen LogP contribution in [0.15, 0.2) is 18.2 Å². The summed E-state index contributed by atoms with van der Waals surface area (Å²) in [5.74, 6) is -0.904. The normalized spacial score (nSPS) is 11.0. The molecule has 0 atom stereocenters. The van der Waals surface area contributed by atoms with Crippen molar-refractivity contribution in [2.45, 2.75) is 47.0 Å². The first-order valence-electron chi connectivity index (χ1n) is 8.81. The molecule has 0 spiro atoms. The van der Waals surface area contributed by atoms with Crippen LogP contribution in [0.3, 0.4) is 0 Å². The molecule has 0 heterocycles. The van der Waals surface area contributed by atoms with Gasteiger partial charge in [0.05, 0.1) is 0 Å². The van der Waals surface area contributed by atoms with Crippen LogP contribution < -0.4 is 10.6 Å². The molecule has 1 aromatic carbocycles. The maximum absolute atomic E-state index is 12.1. The highest BCUT2D eigenvalue weighted by Crippen LogP contribution is 2.27. The van der Waals surface area contributed by atoms with E-state index in [9.17, 15) is 9.59 Å². The van der Waals surface area contributed by atoms with Crippen LogP contribution in [0, 0.1) is 6.92 Å². The van der Waals surface area contributed by atoms with Gasteiger partial charge in [-0.2, -0.15) is 0 Å². The Balaban J connectivity index is 2.55. The Labute approximate surface area is 145 Å². The van der Waals surface area contributed by atoms with Crippen molar-refractivity contribution < 1.29 is 9.59 Å². The summed E-state index contributed by atoms with van der Waals surface area (Å²) in [5.41, 5.74) is 2.75. The van der Waals surface area contributed by atoms with Crippen molar-refractivity contribution in [3.63, 3.8) is 0 Å². The number of benzene rings is 1. The van der Waals surface area contributed by atoms with Crippen LogP contribution in [0.1, 0.15) is 51.2 Å². The lowest BCUT2D eigenvalue weighted by Gasteiger charge is -2.18. The zero-order valence-electron chi connectivity index (χ0n) is 15.6. The predicted octanol–water partition coefficient (Wildman–Crippen LogP) is 2.91. The lowest BCUT2D eigenvalue weighted by molar-refractivity contribution is -0.136. The van der Waals surface area contributed by atoms with Gasteiger partial charge in [0.2, 0.25) is 0 Å². The standard InChI is InChI=1S/C19H31N3O2/c1-6-22(7-2)13-9-12-20-18(23)19(24)21-17-15(5)10-8-11-16(17)14(3)4/h8,10-11,14H,6-7,9,12-13H2,1-5H3,(H,20,23)(H,21,24). The molecule has 1 rings (SSSR count). The molecule has 0 unspecified atom stereocenters. The first-order chi connectivity index (χ1) is 11.4. The molecule has 0 radical (unpaired) electrons. The molecule has 0 saturated carbocycles. The number of aryl methyl sites for hydroxylation is 1. The number of amides is 2. The van der Waals surface area contributed by atoms with Gasteiger partial charge in [-0.1, -0.05) is 45.9 Å². The van der Waals surface area contributed by atoms with E-state index in [0.717, 1.165) is 42.9 Å². The molecule has 0 aliphatic heterocycles. The molecule has 134 valence electrons. The molecule has 0 aliphatic carbocycles. The van der Waals surface area contributed by atoms with Crippen LogP contribution in [-0.4, -0.2) is 42.9 Å².